The highest BCUT2D eigenvalue weighted by molar-refractivity contribution is 5.96. The van der Waals surface area contributed by atoms with Crippen LogP contribution in [-0.2, 0) is 13.1 Å². The van der Waals surface area contributed by atoms with Gasteiger partial charge in [0.15, 0.2) is 0 Å². The molecule has 0 saturated heterocycles. The Balaban J connectivity index is 1.93. The Kier molecular flexibility index (Phi) is 5.63. The molecule has 0 aliphatic rings. The Labute approximate surface area is 162 Å². The molecule has 1 amide bonds. The number of carbonyl (C=O) groups excluding carboxylic acids is 1. The van der Waals surface area contributed by atoms with E-state index in [0.29, 0.717) is 29.1 Å². The van der Waals surface area contributed by atoms with Gasteiger partial charge in [-0.2, -0.15) is 0 Å². The van der Waals surface area contributed by atoms with Crippen molar-refractivity contribution in [3.8, 4) is 11.5 Å². The molecule has 0 spiro atoms. The van der Waals surface area contributed by atoms with Crippen LogP contribution < -0.4 is 20.2 Å². The standard InChI is InChI=1S/C21H23N3O4/c1-5-24-12-17(19(25)16-8-6-13(2)23-20(16)24)21(26)22-11-14-10-15(27-3)7-9-18(14)28-4/h6-10,12H,5,11H2,1-4H3,(H,22,26). The third-order valence-electron chi connectivity index (χ3n) is 4.57. The van der Waals surface area contributed by atoms with E-state index in [9.17, 15) is 9.59 Å². The molecule has 0 aliphatic heterocycles. The van der Waals surface area contributed by atoms with Crippen molar-refractivity contribution < 1.29 is 14.3 Å². The number of pyridine rings is 2. The summed E-state index contributed by atoms with van der Waals surface area (Å²) >= 11 is 0. The third kappa shape index (κ3) is 3.69. The fourth-order valence-corrected chi connectivity index (χ4v) is 3.05. The molecular weight excluding hydrogens is 358 g/mol. The summed E-state index contributed by atoms with van der Waals surface area (Å²) in [6, 6.07) is 8.83. The topological polar surface area (TPSA) is 82.5 Å². The summed E-state index contributed by atoms with van der Waals surface area (Å²) < 4.78 is 12.4. The maximum absolute atomic E-state index is 12.8. The van der Waals surface area contributed by atoms with Gasteiger partial charge in [-0.25, -0.2) is 4.98 Å². The molecule has 0 aliphatic carbocycles. The summed E-state index contributed by atoms with van der Waals surface area (Å²) in [5.74, 6) is 0.843. The van der Waals surface area contributed by atoms with Crippen LogP contribution in [0.3, 0.4) is 0 Å². The zero-order valence-corrected chi connectivity index (χ0v) is 16.4. The molecule has 1 N–H and O–H groups in total. The number of hydrogen-bond donors (Lipinski definition) is 1. The number of aromatic nitrogens is 2. The molecule has 0 radical (unpaired) electrons. The number of ether oxygens (including phenoxy) is 2. The normalized spacial score (nSPS) is 10.7. The van der Waals surface area contributed by atoms with Crippen molar-refractivity contribution in [2.45, 2.75) is 26.9 Å². The number of nitrogens with zero attached hydrogens (tertiary/aromatic N) is 2. The van der Waals surface area contributed by atoms with Crippen molar-refractivity contribution in [2.75, 3.05) is 14.2 Å². The average Bonchev–Trinajstić information content (AvgIpc) is 2.71. The van der Waals surface area contributed by atoms with Crippen LogP contribution in [0.5, 0.6) is 11.5 Å². The van der Waals surface area contributed by atoms with Crippen LogP contribution in [0.15, 0.2) is 41.3 Å². The number of methoxy groups -OCH3 is 2. The molecule has 0 saturated carbocycles. The lowest BCUT2D eigenvalue weighted by atomic mass is 10.1. The molecule has 0 atom stereocenters. The van der Waals surface area contributed by atoms with Gasteiger partial charge in [0.25, 0.3) is 5.91 Å². The molecule has 2 heterocycles. The second-order valence-electron chi connectivity index (χ2n) is 6.34. The van der Waals surface area contributed by atoms with Crippen molar-refractivity contribution in [1.82, 2.24) is 14.9 Å². The van der Waals surface area contributed by atoms with Gasteiger partial charge in [0.1, 0.15) is 22.7 Å². The Bertz CT molecular complexity index is 1090. The lowest BCUT2D eigenvalue weighted by molar-refractivity contribution is 0.0949. The number of rotatable bonds is 6. The molecule has 0 bridgehead atoms. The Morgan fingerprint density at radius 1 is 1.18 bits per heavy atom. The first kappa shape index (κ1) is 19.4. The third-order valence-corrected chi connectivity index (χ3v) is 4.57. The smallest absolute Gasteiger partial charge is 0.257 e. The van der Waals surface area contributed by atoms with Crippen LogP contribution in [0, 0.1) is 6.92 Å². The quantitative estimate of drug-likeness (QED) is 0.710. The zero-order valence-electron chi connectivity index (χ0n) is 16.4. The summed E-state index contributed by atoms with van der Waals surface area (Å²) in [6.45, 7) is 4.61. The van der Waals surface area contributed by atoms with Crippen LogP contribution in [0.4, 0.5) is 0 Å². The van der Waals surface area contributed by atoms with E-state index in [1.165, 1.54) is 0 Å². The summed E-state index contributed by atoms with van der Waals surface area (Å²) in [4.78, 5) is 30.0. The van der Waals surface area contributed by atoms with E-state index >= 15 is 0 Å². The highest BCUT2D eigenvalue weighted by atomic mass is 16.5. The fraction of sp³-hybridized carbons (Fsp3) is 0.286. The predicted molar refractivity (Wildman–Crippen MR) is 107 cm³/mol. The Morgan fingerprint density at radius 3 is 2.64 bits per heavy atom. The molecule has 3 aromatic rings. The van der Waals surface area contributed by atoms with Gasteiger partial charge in [-0.05, 0) is 44.2 Å². The monoisotopic (exact) mass is 381 g/mol. The molecule has 146 valence electrons. The number of nitrogens with one attached hydrogen (secondary N) is 1. The van der Waals surface area contributed by atoms with E-state index < -0.39 is 5.91 Å². The maximum Gasteiger partial charge on any atom is 0.257 e. The van der Waals surface area contributed by atoms with Gasteiger partial charge in [-0.1, -0.05) is 0 Å². The van der Waals surface area contributed by atoms with Crippen LogP contribution in [-0.4, -0.2) is 29.7 Å². The molecule has 7 nitrogen and oxygen atoms in total. The predicted octanol–water partition coefficient (Wildman–Crippen LogP) is 2.67. The first-order valence-electron chi connectivity index (χ1n) is 8.98. The highest BCUT2D eigenvalue weighted by Gasteiger charge is 2.16. The van der Waals surface area contributed by atoms with Crippen molar-refractivity contribution in [3.05, 3.63) is 63.6 Å². The van der Waals surface area contributed by atoms with Gasteiger partial charge in [0.2, 0.25) is 5.43 Å². The molecule has 1 aromatic carbocycles. The van der Waals surface area contributed by atoms with E-state index in [1.54, 1.807) is 50.7 Å². The first-order valence-corrected chi connectivity index (χ1v) is 8.98. The molecule has 7 heteroatoms. The summed E-state index contributed by atoms with van der Waals surface area (Å²) in [6.07, 6.45) is 1.56. The average molecular weight is 381 g/mol. The lowest BCUT2D eigenvalue weighted by Gasteiger charge is -2.13. The van der Waals surface area contributed by atoms with Crippen molar-refractivity contribution >= 4 is 16.9 Å². The summed E-state index contributed by atoms with van der Waals surface area (Å²) in [5, 5.41) is 3.23. The number of hydrogen-bond acceptors (Lipinski definition) is 5. The molecule has 28 heavy (non-hydrogen) atoms. The number of fused-ring (bicyclic) bond motifs is 1. The van der Waals surface area contributed by atoms with Crippen molar-refractivity contribution in [3.63, 3.8) is 0 Å². The second kappa shape index (κ2) is 8.12. The van der Waals surface area contributed by atoms with Gasteiger partial charge < -0.3 is 19.4 Å². The van der Waals surface area contributed by atoms with Crippen LogP contribution >= 0.6 is 0 Å². The Hall–Kier alpha value is -3.35. The molecule has 2 aromatic heterocycles. The molecule has 0 fully saturated rings. The molecular formula is C21H23N3O4. The number of aryl methyl sites for hydroxylation is 2. The van der Waals surface area contributed by atoms with E-state index in [-0.39, 0.29) is 17.5 Å². The largest absolute Gasteiger partial charge is 0.497 e. The number of benzene rings is 1. The minimum absolute atomic E-state index is 0.0851. The second-order valence-corrected chi connectivity index (χ2v) is 6.34. The van der Waals surface area contributed by atoms with E-state index in [1.807, 2.05) is 18.4 Å². The van der Waals surface area contributed by atoms with Gasteiger partial charge >= 0.3 is 0 Å². The number of amides is 1. The van der Waals surface area contributed by atoms with Gasteiger partial charge in [-0.15, -0.1) is 0 Å². The van der Waals surface area contributed by atoms with E-state index in [4.69, 9.17) is 9.47 Å². The lowest BCUT2D eigenvalue weighted by Crippen LogP contribution is -2.30. The minimum atomic E-state index is -0.445. The van der Waals surface area contributed by atoms with Crippen LogP contribution in [0.1, 0.15) is 28.5 Å². The van der Waals surface area contributed by atoms with Gasteiger partial charge in [-0.3, -0.25) is 9.59 Å². The summed E-state index contributed by atoms with van der Waals surface area (Å²) in [5.41, 5.74) is 1.91. The van der Waals surface area contributed by atoms with E-state index in [2.05, 4.69) is 10.3 Å². The minimum Gasteiger partial charge on any atom is -0.497 e. The van der Waals surface area contributed by atoms with Gasteiger partial charge in [0, 0.05) is 30.5 Å². The number of carbonyl (C=O) groups is 1. The highest BCUT2D eigenvalue weighted by Crippen LogP contribution is 2.23. The van der Waals surface area contributed by atoms with E-state index in [0.717, 1.165) is 11.3 Å². The van der Waals surface area contributed by atoms with Gasteiger partial charge in [0.05, 0.1) is 19.6 Å². The first-order chi connectivity index (χ1) is 13.5. The zero-order chi connectivity index (χ0) is 20.3. The SMILES string of the molecule is CCn1cc(C(=O)NCc2cc(OC)ccc2OC)c(=O)c2ccc(C)nc21. The Morgan fingerprint density at radius 2 is 1.96 bits per heavy atom. The van der Waals surface area contributed by atoms with Crippen LogP contribution in [0.2, 0.25) is 0 Å². The summed E-state index contributed by atoms with van der Waals surface area (Å²) in [7, 11) is 3.13. The van der Waals surface area contributed by atoms with Crippen molar-refractivity contribution in [2.24, 2.45) is 0 Å². The molecule has 0 unspecified atom stereocenters. The maximum atomic E-state index is 12.8. The van der Waals surface area contributed by atoms with Crippen LogP contribution in [0.25, 0.3) is 11.0 Å². The van der Waals surface area contributed by atoms with Crippen molar-refractivity contribution in [1.29, 1.82) is 0 Å². The fourth-order valence-electron chi connectivity index (χ4n) is 3.05. The molecule has 3 rings (SSSR count).